The zero-order valence-corrected chi connectivity index (χ0v) is 8.37. The van der Waals surface area contributed by atoms with Crippen LogP contribution < -0.4 is 11.1 Å². The largest absolute Gasteiger partial charge is 0.401 e. The Morgan fingerprint density at radius 1 is 0.929 bits per heavy atom. The second-order valence-electron chi connectivity index (χ2n) is 3.35. The van der Waals surface area contributed by atoms with E-state index in [1.807, 2.05) is 0 Å². The van der Waals surface area contributed by atoms with E-state index >= 15 is 0 Å². The van der Waals surface area contributed by atoms with E-state index in [0.29, 0.717) is 13.1 Å². The second kappa shape index (κ2) is 8.05. The Morgan fingerprint density at radius 2 is 1.50 bits per heavy atom. The first-order chi connectivity index (χ1) is 6.56. The van der Waals surface area contributed by atoms with Crippen molar-refractivity contribution in [1.29, 1.82) is 0 Å². The Labute approximate surface area is 83.0 Å². The lowest BCUT2D eigenvalue weighted by atomic mass is 10.1. The molecule has 0 atom stereocenters. The minimum Gasteiger partial charge on any atom is -0.330 e. The number of alkyl halides is 3. The predicted molar refractivity (Wildman–Crippen MR) is 51.1 cm³/mol. The van der Waals surface area contributed by atoms with Crippen molar-refractivity contribution < 1.29 is 13.2 Å². The van der Waals surface area contributed by atoms with Gasteiger partial charge in [0.1, 0.15) is 0 Å². The zero-order valence-electron chi connectivity index (χ0n) is 8.37. The van der Waals surface area contributed by atoms with E-state index in [0.717, 1.165) is 32.1 Å². The Hall–Kier alpha value is -0.290. The molecule has 2 nitrogen and oxygen atoms in total. The van der Waals surface area contributed by atoms with Crippen LogP contribution in [0.4, 0.5) is 13.2 Å². The van der Waals surface area contributed by atoms with Gasteiger partial charge in [-0.2, -0.15) is 13.2 Å². The summed E-state index contributed by atoms with van der Waals surface area (Å²) in [5.41, 5.74) is 5.30. The molecule has 0 aliphatic rings. The molecule has 86 valence electrons. The fraction of sp³-hybridized carbons (Fsp3) is 1.00. The van der Waals surface area contributed by atoms with E-state index < -0.39 is 12.7 Å². The van der Waals surface area contributed by atoms with E-state index in [1.165, 1.54) is 0 Å². The molecule has 0 aromatic carbocycles. The first kappa shape index (κ1) is 13.7. The lowest BCUT2D eigenvalue weighted by Gasteiger charge is -2.07. The molecular weight excluding hydrogens is 193 g/mol. The van der Waals surface area contributed by atoms with E-state index in [-0.39, 0.29) is 0 Å². The molecule has 0 spiro atoms. The molecular formula is C9H19F3N2. The maximum absolute atomic E-state index is 11.7. The van der Waals surface area contributed by atoms with Gasteiger partial charge in [-0.3, -0.25) is 0 Å². The number of nitrogens with one attached hydrogen (secondary N) is 1. The van der Waals surface area contributed by atoms with Gasteiger partial charge < -0.3 is 11.1 Å². The highest BCUT2D eigenvalue weighted by atomic mass is 19.4. The van der Waals surface area contributed by atoms with Crippen molar-refractivity contribution in [3.63, 3.8) is 0 Å². The van der Waals surface area contributed by atoms with Crippen LogP contribution >= 0.6 is 0 Å². The smallest absolute Gasteiger partial charge is 0.330 e. The average molecular weight is 212 g/mol. The van der Waals surface area contributed by atoms with Crippen molar-refractivity contribution in [2.45, 2.75) is 38.3 Å². The van der Waals surface area contributed by atoms with Crippen molar-refractivity contribution in [1.82, 2.24) is 5.32 Å². The monoisotopic (exact) mass is 212 g/mol. The standard InChI is InChI=1S/C9H19F3N2/c10-9(11,12)8-14-7-5-3-1-2-4-6-13/h14H,1-8,13H2. The normalized spacial score (nSPS) is 12.0. The van der Waals surface area contributed by atoms with Gasteiger partial charge in [-0.05, 0) is 25.9 Å². The summed E-state index contributed by atoms with van der Waals surface area (Å²) in [7, 11) is 0. The molecule has 0 aliphatic carbocycles. The molecule has 5 heteroatoms. The second-order valence-corrected chi connectivity index (χ2v) is 3.35. The molecule has 0 unspecified atom stereocenters. The molecule has 0 aliphatic heterocycles. The number of halogens is 3. The van der Waals surface area contributed by atoms with Crippen LogP contribution in [0.25, 0.3) is 0 Å². The topological polar surface area (TPSA) is 38.0 Å². The molecule has 0 fully saturated rings. The fourth-order valence-corrected chi connectivity index (χ4v) is 1.15. The Balaban J connectivity index is 2.99. The van der Waals surface area contributed by atoms with Crippen molar-refractivity contribution in [3.8, 4) is 0 Å². The average Bonchev–Trinajstić information content (AvgIpc) is 2.08. The van der Waals surface area contributed by atoms with E-state index in [4.69, 9.17) is 5.73 Å². The quantitative estimate of drug-likeness (QED) is 0.604. The summed E-state index contributed by atoms with van der Waals surface area (Å²) >= 11 is 0. The minimum atomic E-state index is -4.08. The predicted octanol–water partition coefficient (Wildman–Crippen LogP) is 2.05. The third kappa shape index (κ3) is 11.7. The maximum Gasteiger partial charge on any atom is 0.401 e. The third-order valence-electron chi connectivity index (χ3n) is 1.88. The Morgan fingerprint density at radius 3 is 2.07 bits per heavy atom. The molecule has 0 amide bonds. The molecule has 0 rings (SSSR count). The summed E-state index contributed by atoms with van der Waals surface area (Å²) in [6.45, 7) is 0.268. The number of rotatable bonds is 8. The highest BCUT2D eigenvalue weighted by Crippen LogP contribution is 2.12. The summed E-state index contributed by atoms with van der Waals surface area (Å²) < 4.78 is 35.0. The highest BCUT2D eigenvalue weighted by Gasteiger charge is 2.25. The molecule has 14 heavy (non-hydrogen) atoms. The van der Waals surface area contributed by atoms with E-state index in [2.05, 4.69) is 5.32 Å². The van der Waals surface area contributed by atoms with Crippen LogP contribution in [-0.4, -0.2) is 25.8 Å². The van der Waals surface area contributed by atoms with Gasteiger partial charge in [0.15, 0.2) is 0 Å². The van der Waals surface area contributed by atoms with Crippen LogP contribution in [0, 0.1) is 0 Å². The Kier molecular flexibility index (Phi) is 7.89. The van der Waals surface area contributed by atoms with Crippen molar-refractivity contribution in [2.75, 3.05) is 19.6 Å². The van der Waals surface area contributed by atoms with Crippen LogP contribution in [0.1, 0.15) is 32.1 Å². The molecule has 0 heterocycles. The molecule has 3 N–H and O–H groups in total. The SMILES string of the molecule is NCCCCCCCNCC(F)(F)F. The summed E-state index contributed by atoms with van der Waals surface area (Å²) in [6, 6.07) is 0. The highest BCUT2D eigenvalue weighted by molar-refractivity contribution is 4.55. The summed E-state index contributed by atoms with van der Waals surface area (Å²) in [5.74, 6) is 0. The van der Waals surface area contributed by atoms with Gasteiger partial charge in [0.05, 0.1) is 6.54 Å². The van der Waals surface area contributed by atoms with Crippen LogP contribution in [0.15, 0.2) is 0 Å². The number of hydrogen-bond acceptors (Lipinski definition) is 2. The van der Waals surface area contributed by atoms with Crippen LogP contribution in [0.2, 0.25) is 0 Å². The van der Waals surface area contributed by atoms with Gasteiger partial charge >= 0.3 is 6.18 Å². The minimum absolute atomic E-state index is 0.447. The molecule has 0 bridgehead atoms. The number of unbranched alkanes of at least 4 members (excludes halogenated alkanes) is 4. The van der Waals surface area contributed by atoms with Gasteiger partial charge in [-0.25, -0.2) is 0 Å². The van der Waals surface area contributed by atoms with Crippen molar-refractivity contribution in [2.24, 2.45) is 5.73 Å². The lowest BCUT2D eigenvalue weighted by Crippen LogP contribution is -2.29. The van der Waals surface area contributed by atoms with Gasteiger partial charge in [-0.15, -0.1) is 0 Å². The summed E-state index contributed by atoms with van der Waals surface area (Å²) in [4.78, 5) is 0. The fourth-order valence-electron chi connectivity index (χ4n) is 1.15. The van der Waals surface area contributed by atoms with E-state index in [1.54, 1.807) is 0 Å². The van der Waals surface area contributed by atoms with Gasteiger partial charge in [-0.1, -0.05) is 19.3 Å². The van der Waals surface area contributed by atoms with Gasteiger partial charge in [0.2, 0.25) is 0 Å². The molecule has 0 saturated heterocycles. The molecule has 0 aromatic rings. The van der Waals surface area contributed by atoms with Crippen molar-refractivity contribution >= 4 is 0 Å². The molecule has 0 aromatic heterocycles. The number of nitrogens with two attached hydrogens (primary N) is 1. The molecule has 0 radical (unpaired) electrons. The van der Waals surface area contributed by atoms with Crippen molar-refractivity contribution in [3.05, 3.63) is 0 Å². The zero-order chi connectivity index (χ0) is 10.9. The molecule has 0 saturated carbocycles. The maximum atomic E-state index is 11.7. The first-order valence-corrected chi connectivity index (χ1v) is 5.04. The van der Waals surface area contributed by atoms with Gasteiger partial charge in [0, 0.05) is 0 Å². The number of hydrogen-bond donors (Lipinski definition) is 2. The van der Waals surface area contributed by atoms with Crippen LogP contribution in [0.3, 0.4) is 0 Å². The van der Waals surface area contributed by atoms with E-state index in [9.17, 15) is 13.2 Å². The lowest BCUT2D eigenvalue weighted by molar-refractivity contribution is -0.124. The van der Waals surface area contributed by atoms with Crippen LogP contribution in [0.5, 0.6) is 0 Å². The Bertz CT molecular complexity index is 126. The first-order valence-electron chi connectivity index (χ1n) is 5.04. The van der Waals surface area contributed by atoms with Crippen LogP contribution in [-0.2, 0) is 0 Å². The third-order valence-corrected chi connectivity index (χ3v) is 1.88. The summed E-state index contributed by atoms with van der Waals surface area (Å²) in [6.07, 6.45) is 0.849. The van der Waals surface area contributed by atoms with Gasteiger partial charge in [0.25, 0.3) is 0 Å². The summed E-state index contributed by atoms with van der Waals surface area (Å²) in [5, 5.41) is 2.37.